The monoisotopic (exact) mass is 316 g/mol. The number of pyridine rings is 1. The standard InChI is InChI=1S/C17H17ClN2O2/c1-2-19-9-3-4-15(17(19)22)20-11-13(10-16(20)21)12-5-7-14(18)8-6-12/h3-9,13H,2,10-11H2,1H3/t13-/m0/s1. The molecule has 1 amide bonds. The largest absolute Gasteiger partial charge is 0.314 e. The van der Waals surface area contributed by atoms with E-state index in [1.807, 2.05) is 37.3 Å². The van der Waals surface area contributed by atoms with E-state index in [2.05, 4.69) is 0 Å². The van der Waals surface area contributed by atoms with Crippen LogP contribution in [-0.4, -0.2) is 17.0 Å². The predicted octanol–water partition coefficient (Wildman–Crippen LogP) is 3.04. The number of aromatic nitrogens is 1. The van der Waals surface area contributed by atoms with E-state index in [0.29, 0.717) is 30.2 Å². The van der Waals surface area contributed by atoms with E-state index in [0.717, 1.165) is 5.56 Å². The molecule has 2 heterocycles. The van der Waals surface area contributed by atoms with Gasteiger partial charge in [0, 0.05) is 36.6 Å². The second-order valence-electron chi connectivity index (χ2n) is 5.44. The maximum atomic E-state index is 12.4. The minimum Gasteiger partial charge on any atom is -0.314 e. The first-order valence-electron chi connectivity index (χ1n) is 7.35. The lowest BCUT2D eigenvalue weighted by molar-refractivity contribution is -0.117. The highest BCUT2D eigenvalue weighted by molar-refractivity contribution is 6.30. The van der Waals surface area contributed by atoms with Crippen LogP contribution in [0, 0.1) is 0 Å². The summed E-state index contributed by atoms with van der Waals surface area (Å²) in [6.07, 6.45) is 2.16. The molecule has 1 fully saturated rings. The number of benzene rings is 1. The number of anilines is 1. The predicted molar refractivity (Wildman–Crippen MR) is 87.5 cm³/mol. The molecule has 0 unspecified atom stereocenters. The van der Waals surface area contributed by atoms with Crippen LogP contribution in [-0.2, 0) is 11.3 Å². The van der Waals surface area contributed by atoms with Crippen molar-refractivity contribution in [1.29, 1.82) is 0 Å². The van der Waals surface area contributed by atoms with E-state index < -0.39 is 0 Å². The molecule has 0 radical (unpaired) electrons. The zero-order chi connectivity index (χ0) is 15.7. The van der Waals surface area contributed by atoms with E-state index >= 15 is 0 Å². The number of hydrogen-bond donors (Lipinski definition) is 0. The SMILES string of the molecule is CCn1cccc(N2C[C@@H](c3ccc(Cl)cc3)CC2=O)c1=O. The number of aryl methyl sites for hydroxylation is 1. The molecular formula is C17H17ClN2O2. The van der Waals surface area contributed by atoms with Gasteiger partial charge < -0.3 is 9.47 Å². The molecule has 5 heteroatoms. The molecule has 22 heavy (non-hydrogen) atoms. The van der Waals surface area contributed by atoms with Crippen LogP contribution >= 0.6 is 11.6 Å². The normalized spacial score (nSPS) is 18.0. The van der Waals surface area contributed by atoms with E-state index in [1.54, 1.807) is 21.7 Å². The summed E-state index contributed by atoms with van der Waals surface area (Å²) in [6.45, 7) is 3.03. The quantitative estimate of drug-likeness (QED) is 0.873. The van der Waals surface area contributed by atoms with Crippen molar-refractivity contribution < 1.29 is 4.79 Å². The summed E-state index contributed by atoms with van der Waals surface area (Å²) in [5.41, 5.74) is 1.42. The van der Waals surface area contributed by atoms with Gasteiger partial charge in [-0.3, -0.25) is 9.59 Å². The van der Waals surface area contributed by atoms with E-state index in [4.69, 9.17) is 11.6 Å². The smallest absolute Gasteiger partial charge is 0.274 e. The van der Waals surface area contributed by atoms with Crippen molar-refractivity contribution >= 4 is 23.2 Å². The molecule has 0 N–H and O–H groups in total. The van der Waals surface area contributed by atoms with E-state index in [9.17, 15) is 9.59 Å². The highest BCUT2D eigenvalue weighted by Crippen LogP contribution is 2.31. The van der Waals surface area contributed by atoms with Gasteiger partial charge in [0.25, 0.3) is 5.56 Å². The van der Waals surface area contributed by atoms with Gasteiger partial charge in [-0.05, 0) is 36.8 Å². The lowest BCUT2D eigenvalue weighted by atomic mass is 9.98. The van der Waals surface area contributed by atoms with Crippen LogP contribution in [0.2, 0.25) is 5.02 Å². The molecule has 1 saturated heterocycles. The van der Waals surface area contributed by atoms with Crippen LogP contribution < -0.4 is 10.5 Å². The summed E-state index contributed by atoms with van der Waals surface area (Å²) in [5.74, 6) is 0.0883. The topological polar surface area (TPSA) is 42.3 Å². The molecule has 1 aliphatic rings. The third-order valence-corrected chi connectivity index (χ3v) is 4.35. The van der Waals surface area contributed by atoms with Crippen molar-refractivity contribution in [1.82, 2.24) is 4.57 Å². The average molecular weight is 317 g/mol. The zero-order valence-corrected chi connectivity index (χ0v) is 13.1. The number of carbonyl (C=O) groups is 1. The van der Waals surface area contributed by atoms with Gasteiger partial charge in [-0.25, -0.2) is 0 Å². The number of amides is 1. The second-order valence-corrected chi connectivity index (χ2v) is 5.88. The van der Waals surface area contributed by atoms with Crippen molar-refractivity contribution in [3.05, 3.63) is 63.5 Å². The molecule has 0 spiro atoms. The first kappa shape index (κ1) is 14.9. The van der Waals surface area contributed by atoms with Gasteiger partial charge in [-0.2, -0.15) is 0 Å². The van der Waals surface area contributed by atoms with Gasteiger partial charge >= 0.3 is 0 Å². The fourth-order valence-corrected chi connectivity index (χ4v) is 3.00. The third-order valence-electron chi connectivity index (χ3n) is 4.10. The van der Waals surface area contributed by atoms with Crippen LogP contribution in [0.3, 0.4) is 0 Å². The molecule has 1 aromatic heterocycles. The molecule has 1 aromatic carbocycles. The lowest BCUT2D eigenvalue weighted by Crippen LogP contribution is -2.32. The summed E-state index contributed by atoms with van der Waals surface area (Å²) >= 11 is 5.90. The molecule has 1 atom stereocenters. The maximum absolute atomic E-state index is 12.4. The highest BCUT2D eigenvalue weighted by atomic mass is 35.5. The number of nitrogens with zero attached hydrogens (tertiary/aromatic N) is 2. The highest BCUT2D eigenvalue weighted by Gasteiger charge is 2.32. The molecular weight excluding hydrogens is 300 g/mol. The van der Waals surface area contributed by atoms with E-state index in [1.165, 1.54) is 0 Å². The van der Waals surface area contributed by atoms with Crippen molar-refractivity contribution in [3.63, 3.8) is 0 Å². The summed E-state index contributed by atoms with van der Waals surface area (Å²) < 4.78 is 1.61. The minimum atomic E-state index is -0.116. The van der Waals surface area contributed by atoms with Gasteiger partial charge in [0.2, 0.25) is 5.91 Å². The van der Waals surface area contributed by atoms with Crippen LogP contribution in [0.1, 0.15) is 24.8 Å². The third kappa shape index (κ3) is 2.66. The zero-order valence-electron chi connectivity index (χ0n) is 12.3. The van der Waals surface area contributed by atoms with Crippen LogP contribution in [0.25, 0.3) is 0 Å². The Balaban J connectivity index is 1.89. The van der Waals surface area contributed by atoms with Crippen molar-refractivity contribution in [2.45, 2.75) is 25.8 Å². The Morgan fingerprint density at radius 2 is 1.91 bits per heavy atom. The number of halogens is 1. The van der Waals surface area contributed by atoms with Crippen molar-refractivity contribution in [3.8, 4) is 0 Å². The number of rotatable bonds is 3. The second kappa shape index (κ2) is 5.97. The number of carbonyl (C=O) groups excluding carboxylic acids is 1. The minimum absolute atomic E-state index is 0.00842. The van der Waals surface area contributed by atoms with Crippen LogP contribution in [0.4, 0.5) is 5.69 Å². The summed E-state index contributed by atoms with van der Waals surface area (Å²) in [6, 6.07) is 11.1. The Morgan fingerprint density at radius 1 is 1.18 bits per heavy atom. The number of hydrogen-bond acceptors (Lipinski definition) is 2. The van der Waals surface area contributed by atoms with Gasteiger partial charge in [-0.1, -0.05) is 23.7 Å². The Kier molecular flexibility index (Phi) is 4.03. The fourth-order valence-electron chi connectivity index (χ4n) is 2.88. The first-order valence-corrected chi connectivity index (χ1v) is 7.73. The fraction of sp³-hybridized carbons (Fsp3) is 0.294. The van der Waals surface area contributed by atoms with E-state index in [-0.39, 0.29) is 17.4 Å². The molecule has 1 aliphatic heterocycles. The van der Waals surface area contributed by atoms with Crippen molar-refractivity contribution in [2.75, 3.05) is 11.4 Å². The van der Waals surface area contributed by atoms with Crippen LogP contribution in [0.15, 0.2) is 47.4 Å². The van der Waals surface area contributed by atoms with Gasteiger partial charge in [0.05, 0.1) is 0 Å². The molecule has 4 nitrogen and oxygen atoms in total. The summed E-state index contributed by atoms with van der Waals surface area (Å²) in [7, 11) is 0. The van der Waals surface area contributed by atoms with Gasteiger partial charge in [0.15, 0.2) is 0 Å². The Hall–Kier alpha value is -2.07. The summed E-state index contributed by atoms with van der Waals surface area (Å²) in [4.78, 5) is 26.3. The first-order chi connectivity index (χ1) is 10.6. The van der Waals surface area contributed by atoms with Gasteiger partial charge in [0.1, 0.15) is 5.69 Å². The molecule has 3 rings (SSSR count). The lowest BCUT2D eigenvalue weighted by Gasteiger charge is -2.17. The molecule has 0 saturated carbocycles. The molecule has 0 bridgehead atoms. The van der Waals surface area contributed by atoms with Crippen LogP contribution in [0.5, 0.6) is 0 Å². The maximum Gasteiger partial charge on any atom is 0.274 e. The average Bonchev–Trinajstić information content (AvgIpc) is 2.90. The van der Waals surface area contributed by atoms with Crippen molar-refractivity contribution in [2.24, 2.45) is 0 Å². The molecule has 114 valence electrons. The van der Waals surface area contributed by atoms with Gasteiger partial charge in [-0.15, -0.1) is 0 Å². The Labute approximate surface area is 133 Å². The Morgan fingerprint density at radius 3 is 2.59 bits per heavy atom. The molecule has 2 aromatic rings. The molecule has 0 aliphatic carbocycles. The Bertz CT molecular complexity index is 752. The summed E-state index contributed by atoms with van der Waals surface area (Å²) in [5, 5.41) is 0.679.